The molecule has 0 aliphatic carbocycles. The molecule has 0 atom stereocenters. The van der Waals surface area contributed by atoms with E-state index in [-0.39, 0.29) is 11.7 Å². The molecule has 0 radical (unpaired) electrons. The van der Waals surface area contributed by atoms with Gasteiger partial charge in [-0.3, -0.25) is 4.79 Å². The standard InChI is InChI=1S/C8H12O3/c1-6(2)5-7(9)3-4-8(10)11/h3-4,6H,5H2,1-2H3,(H,10,11). The number of allylic oxidation sites excluding steroid dienone is 1. The van der Waals surface area contributed by atoms with E-state index in [0.717, 1.165) is 12.2 Å². The summed E-state index contributed by atoms with van der Waals surface area (Å²) in [6.07, 6.45) is 2.37. The third kappa shape index (κ3) is 6.77. The van der Waals surface area contributed by atoms with Gasteiger partial charge in [0.15, 0.2) is 5.78 Å². The van der Waals surface area contributed by atoms with E-state index in [4.69, 9.17) is 5.11 Å². The summed E-state index contributed by atoms with van der Waals surface area (Å²) in [5.74, 6) is -0.939. The lowest BCUT2D eigenvalue weighted by Crippen LogP contribution is -1.99. The number of ketones is 1. The summed E-state index contributed by atoms with van der Waals surface area (Å²) in [6, 6.07) is 0. The number of hydrogen-bond donors (Lipinski definition) is 1. The van der Waals surface area contributed by atoms with Gasteiger partial charge in [0.25, 0.3) is 0 Å². The molecule has 0 heterocycles. The Morgan fingerprint density at radius 3 is 2.27 bits per heavy atom. The molecule has 0 aromatic carbocycles. The molecule has 0 aliphatic heterocycles. The SMILES string of the molecule is CC(C)CC(=O)C=CC(=O)O. The quantitative estimate of drug-likeness (QED) is 0.623. The number of carboxylic acid groups (broad SMARTS) is 1. The van der Waals surface area contributed by atoms with E-state index in [1.807, 2.05) is 13.8 Å². The first kappa shape index (κ1) is 9.88. The third-order valence-corrected chi connectivity index (χ3v) is 1.02. The molecule has 0 rings (SSSR count). The fourth-order valence-corrected chi connectivity index (χ4v) is 0.635. The number of hydrogen-bond acceptors (Lipinski definition) is 2. The van der Waals surface area contributed by atoms with E-state index in [0.29, 0.717) is 6.42 Å². The van der Waals surface area contributed by atoms with Gasteiger partial charge in [-0.15, -0.1) is 0 Å². The summed E-state index contributed by atoms with van der Waals surface area (Å²) < 4.78 is 0. The summed E-state index contributed by atoms with van der Waals surface area (Å²) >= 11 is 0. The average Bonchev–Trinajstić information content (AvgIpc) is 1.82. The smallest absolute Gasteiger partial charge is 0.328 e. The van der Waals surface area contributed by atoms with E-state index in [1.54, 1.807) is 0 Å². The molecule has 0 aromatic rings. The van der Waals surface area contributed by atoms with Gasteiger partial charge in [-0.2, -0.15) is 0 Å². The van der Waals surface area contributed by atoms with Gasteiger partial charge < -0.3 is 5.11 Å². The van der Waals surface area contributed by atoms with Crippen molar-refractivity contribution in [3.63, 3.8) is 0 Å². The topological polar surface area (TPSA) is 54.4 Å². The lowest BCUT2D eigenvalue weighted by Gasteiger charge is -1.97. The van der Waals surface area contributed by atoms with Crippen molar-refractivity contribution in [1.82, 2.24) is 0 Å². The van der Waals surface area contributed by atoms with Crippen molar-refractivity contribution >= 4 is 11.8 Å². The van der Waals surface area contributed by atoms with Crippen LogP contribution in [0.4, 0.5) is 0 Å². The predicted octanol–water partition coefficient (Wildman–Crippen LogP) is 1.24. The zero-order valence-electron chi connectivity index (χ0n) is 6.70. The van der Waals surface area contributed by atoms with Crippen LogP contribution in [0.15, 0.2) is 12.2 Å². The molecule has 0 aromatic heterocycles. The summed E-state index contributed by atoms with van der Waals surface area (Å²) in [5, 5.41) is 8.16. The Balaban J connectivity index is 3.78. The van der Waals surface area contributed by atoms with Crippen LogP contribution in [0.3, 0.4) is 0 Å². The predicted molar refractivity (Wildman–Crippen MR) is 41.2 cm³/mol. The second-order valence-electron chi connectivity index (χ2n) is 2.74. The maximum atomic E-state index is 10.8. The van der Waals surface area contributed by atoms with E-state index in [9.17, 15) is 9.59 Å². The van der Waals surface area contributed by atoms with Crippen molar-refractivity contribution in [3.05, 3.63) is 12.2 Å². The normalized spacial score (nSPS) is 10.8. The molecule has 0 saturated carbocycles. The first-order chi connectivity index (χ1) is 5.02. The number of rotatable bonds is 4. The maximum absolute atomic E-state index is 10.8. The Morgan fingerprint density at radius 1 is 1.36 bits per heavy atom. The first-order valence-electron chi connectivity index (χ1n) is 3.46. The van der Waals surface area contributed by atoms with Crippen LogP contribution in [0.1, 0.15) is 20.3 Å². The Bertz CT molecular complexity index is 180. The van der Waals surface area contributed by atoms with E-state index in [1.165, 1.54) is 0 Å². The maximum Gasteiger partial charge on any atom is 0.328 e. The van der Waals surface area contributed by atoms with Crippen molar-refractivity contribution < 1.29 is 14.7 Å². The molecule has 3 heteroatoms. The van der Waals surface area contributed by atoms with Crippen molar-refractivity contribution in [2.45, 2.75) is 20.3 Å². The highest BCUT2D eigenvalue weighted by atomic mass is 16.4. The van der Waals surface area contributed by atoms with Gasteiger partial charge >= 0.3 is 5.97 Å². The van der Waals surface area contributed by atoms with E-state index in [2.05, 4.69) is 0 Å². The van der Waals surface area contributed by atoms with Gasteiger partial charge in [0.05, 0.1) is 0 Å². The summed E-state index contributed by atoms with van der Waals surface area (Å²) in [5.41, 5.74) is 0. The lowest BCUT2D eigenvalue weighted by molar-refractivity contribution is -0.131. The lowest BCUT2D eigenvalue weighted by atomic mass is 10.1. The Kier molecular flexibility index (Phi) is 4.18. The summed E-state index contributed by atoms with van der Waals surface area (Å²) in [4.78, 5) is 20.8. The van der Waals surface area contributed by atoms with Crippen LogP contribution in [0.2, 0.25) is 0 Å². The number of carbonyl (C=O) groups excluding carboxylic acids is 1. The van der Waals surface area contributed by atoms with E-state index >= 15 is 0 Å². The minimum Gasteiger partial charge on any atom is -0.478 e. The fourth-order valence-electron chi connectivity index (χ4n) is 0.635. The molecule has 11 heavy (non-hydrogen) atoms. The summed E-state index contributed by atoms with van der Waals surface area (Å²) in [7, 11) is 0. The molecule has 0 amide bonds. The fraction of sp³-hybridized carbons (Fsp3) is 0.500. The molecule has 0 spiro atoms. The van der Waals surface area contributed by atoms with Crippen LogP contribution < -0.4 is 0 Å². The van der Waals surface area contributed by atoms with Crippen LogP contribution in [0.25, 0.3) is 0 Å². The van der Waals surface area contributed by atoms with Crippen LogP contribution in [-0.4, -0.2) is 16.9 Å². The highest BCUT2D eigenvalue weighted by Crippen LogP contribution is 2.00. The van der Waals surface area contributed by atoms with Crippen molar-refractivity contribution in [2.75, 3.05) is 0 Å². The molecule has 0 bridgehead atoms. The zero-order valence-corrected chi connectivity index (χ0v) is 6.70. The highest BCUT2D eigenvalue weighted by Gasteiger charge is 2.00. The van der Waals surface area contributed by atoms with Gasteiger partial charge in [-0.25, -0.2) is 4.79 Å². The van der Waals surface area contributed by atoms with E-state index < -0.39 is 5.97 Å². The van der Waals surface area contributed by atoms with Crippen molar-refractivity contribution in [1.29, 1.82) is 0 Å². The monoisotopic (exact) mass is 156 g/mol. The van der Waals surface area contributed by atoms with Crippen LogP contribution >= 0.6 is 0 Å². The summed E-state index contributed by atoms with van der Waals surface area (Å²) in [6.45, 7) is 3.82. The minimum atomic E-state index is -1.08. The van der Waals surface area contributed by atoms with Gasteiger partial charge in [-0.05, 0) is 12.0 Å². The molecule has 0 fully saturated rings. The number of carbonyl (C=O) groups is 2. The number of aliphatic carboxylic acids is 1. The third-order valence-electron chi connectivity index (χ3n) is 1.02. The zero-order chi connectivity index (χ0) is 8.85. The van der Waals surface area contributed by atoms with Gasteiger partial charge in [0.2, 0.25) is 0 Å². The van der Waals surface area contributed by atoms with Crippen LogP contribution in [-0.2, 0) is 9.59 Å². The Morgan fingerprint density at radius 2 is 1.91 bits per heavy atom. The molecule has 0 saturated heterocycles. The first-order valence-corrected chi connectivity index (χ1v) is 3.46. The Labute approximate surface area is 65.7 Å². The van der Waals surface area contributed by atoms with Crippen molar-refractivity contribution in [2.24, 2.45) is 5.92 Å². The molecule has 0 aliphatic rings. The minimum absolute atomic E-state index is 0.137. The van der Waals surface area contributed by atoms with Crippen LogP contribution in [0, 0.1) is 5.92 Å². The number of carboxylic acids is 1. The second kappa shape index (κ2) is 4.66. The van der Waals surface area contributed by atoms with Crippen molar-refractivity contribution in [3.8, 4) is 0 Å². The molecular formula is C8H12O3. The molecule has 0 unspecified atom stereocenters. The molecule has 1 N–H and O–H groups in total. The second-order valence-corrected chi connectivity index (χ2v) is 2.74. The average molecular weight is 156 g/mol. The molecular weight excluding hydrogens is 144 g/mol. The highest BCUT2D eigenvalue weighted by molar-refractivity contribution is 5.95. The molecule has 3 nitrogen and oxygen atoms in total. The van der Waals surface area contributed by atoms with Gasteiger partial charge in [-0.1, -0.05) is 13.8 Å². The van der Waals surface area contributed by atoms with Gasteiger partial charge in [0, 0.05) is 12.5 Å². The largest absolute Gasteiger partial charge is 0.478 e. The Hall–Kier alpha value is -1.12. The molecule has 62 valence electrons. The van der Waals surface area contributed by atoms with Crippen LogP contribution in [0.5, 0.6) is 0 Å². The van der Waals surface area contributed by atoms with Gasteiger partial charge in [0.1, 0.15) is 0 Å².